The number of carbonyl (C=O) groups is 1. The lowest BCUT2D eigenvalue weighted by Crippen LogP contribution is -2.34. The minimum Gasteiger partial charge on any atom is -0.339 e. The molecular weight excluding hydrogens is 322 g/mol. The second-order valence-electron chi connectivity index (χ2n) is 7.42. The topological polar surface area (TPSA) is 54.5 Å². The molecule has 0 saturated carbocycles. The van der Waals surface area contributed by atoms with Gasteiger partial charge in [0.1, 0.15) is 0 Å². The summed E-state index contributed by atoms with van der Waals surface area (Å²) in [6.45, 7) is 10.1. The fraction of sp³-hybridized carbons (Fsp3) is 0.632. The number of hydrogen-bond acceptors (Lipinski definition) is 3. The third-order valence-electron chi connectivity index (χ3n) is 3.87. The van der Waals surface area contributed by atoms with E-state index in [4.69, 9.17) is 0 Å². The molecule has 0 aliphatic heterocycles. The Morgan fingerprint density at radius 1 is 0.958 bits per heavy atom. The van der Waals surface area contributed by atoms with Crippen LogP contribution in [0.3, 0.4) is 0 Å². The first-order chi connectivity index (χ1) is 11.1. The van der Waals surface area contributed by atoms with Gasteiger partial charge in [0.15, 0.2) is 9.84 Å². The van der Waals surface area contributed by atoms with E-state index in [0.29, 0.717) is 23.0 Å². The highest BCUT2D eigenvalue weighted by Gasteiger charge is 2.16. The van der Waals surface area contributed by atoms with Crippen molar-refractivity contribution in [2.45, 2.75) is 46.3 Å². The molecule has 0 spiro atoms. The van der Waals surface area contributed by atoms with Gasteiger partial charge in [-0.2, -0.15) is 0 Å². The summed E-state index contributed by atoms with van der Waals surface area (Å²) in [7, 11) is -3.06. The van der Waals surface area contributed by atoms with E-state index in [0.717, 1.165) is 25.9 Å². The van der Waals surface area contributed by atoms with Crippen molar-refractivity contribution in [3.8, 4) is 0 Å². The van der Waals surface area contributed by atoms with Crippen LogP contribution in [0.2, 0.25) is 0 Å². The van der Waals surface area contributed by atoms with Crippen LogP contribution < -0.4 is 0 Å². The van der Waals surface area contributed by atoms with Gasteiger partial charge in [-0.3, -0.25) is 4.79 Å². The summed E-state index contributed by atoms with van der Waals surface area (Å²) in [6.07, 6.45) is 3.18. The molecule has 1 rings (SSSR count). The summed E-state index contributed by atoms with van der Waals surface area (Å²) in [4.78, 5) is 14.7. The molecule has 4 nitrogen and oxygen atoms in total. The zero-order valence-electron chi connectivity index (χ0n) is 15.6. The Kier molecular flexibility index (Phi) is 7.94. The molecule has 136 valence electrons. The summed E-state index contributed by atoms with van der Waals surface area (Å²) >= 11 is 0. The van der Waals surface area contributed by atoms with Gasteiger partial charge in [0.05, 0.1) is 5.75 Å². The number of benzene rings is 1. The van der Waals surface area contributed by atoms with E-state index in [1.165, 1.54) is 6.26 Å². The van der Waals surface area contributed by atoms with Crippen molar-refractivity contribution in [1.29, 1.82) is 0 Å². The summed E-state index contributed by atoms with van der Waals surface area (Å²) < 4.78 is 22.7. The third kappa shape index (κ3) is 7.95. The average molecular weight is 354 g/mol. The molecular formula is C19H31NO3S. The van der Waals surface area contributed by atoms with Crippen LogP contribution in [0, 0.1) is 11.8 Å². The van der Waals surface area contributed by atoms with Gasteiger partial charge in [-0.15, -0.1) is 0 Å². The molecule has 0 aliphatic carbocycles. The lowest BCUT2D eigenvalue weighted by atomic mass is 10.1. The molecule has 1 amide bonds. The Labute approximate surface area is 147 Å². The SMILES string of the molecule is CC(C)CCN(CCC(C)C)C(=O)c1ccc(CS(C)(=O)=O)cc1. The van der Waals surface area contributed by atoms with Crippen molar-refractivity contribution in [1.82, 2.24) is 4.90 Å². The Morgan fingerprint density at radius 2 is 1.42 bits per heavy atom. The van der Waals surface area contributed by atoms with Gasteiger partial charge in [-0.05, 0) is 42.4 Å². The maximum atomic E-state index is 12.8. The normalized spacial score (nSPS) is 12.0. The third-order valence-corrected chi connectivity index (χ3v) is 4.73. The molecule has 0 fully saturated rings. The molecule has 1 aromatic rings. The fourth-order valence-electron chi connectivity index (χ4n) is 2.37. The lowest BCUT2D eigenvalue weighted by molar-refractivity contribution is 0.0741. The van der Waals surface area contributed by atoms with E-state index in [1.807, 2.05) is 4.90 Å². The highest BCUT2D eigenvalue weighted by Crippen LogP contribution is 2.13. The second-order valence-corrected chi connectivity index (χ2v) is 9.56. The quantitative estimate of drug-likeness (QED) is 0.679. The van der Waals surface area contributed by atoms with Crippen LogP contribution in [0.4, 0.5) is 0 Å². The first-order valence-electron chi connectivity index (χ1n) is 8.64. The zero-order chi connectivity index (χ0) is 18.3. The van der Waals surface area contributed by atoms with Gasteiger partial charge in [-0.25, -0.2) is 8.42 Å². The monoisotopic (exact) mass is 353 g/mol. The van der Waals surface area contributed by atoms with E-state index >= 15 is 0 Å². The molecule has 0 aliphatic rings. The molecule has 0 heterocycles. The van der Waals surface area contributed by atoms with Crippen LogP contribution in [0.1, 0.15) is 56.5 Å². The van der Waals surface area contributed by atoms with E-state index in [-0.39, 0.29) is 11.7 Å². The van der Waals surface area contributed by atoms with Gasteiger partial charge >= 0.3 is 0 Å². The first kappa shape index (κ1) is 20.7. The molecule has 0 N–H and O–H groups in total. The van der Waals surface area contributed by atoms with Gasteiger partial charge in [0, 0.05) is 24.9 Å². The van der Waals surface area contributed by atoms with E-state index in [1.54, 1.807) is 24.3 Å². The molecule has 0 saturated heterocycles. The smallest absolute Gasteiger partial charge is 0.253 e. The molecule has 0 unspecified atom stereocenters. The average Bonchev–Trinajstić information content (AvgIpc) is 2.45. The van der Waals surface area contributed by atoms with Crippen LogP contribution in [0.15, 0.2) is 24.3 Å². The van der Waals surface area contributed by atoms with E-state index in [2.05, 4.69) is 27.7 Å². The minimum absolute atomic E-state index is 0.00584. The van der Waals surface area contributed by atoms with Gasteiger partial charge in [0.2, 0.25) is 0 Å². The van der Waals surface area contributed by atoms with Gasteiger partial charge in [0.25, 0.3) is 5.91 Å². The zero-order valence-corrected chi connectivity index (χ0v) is 16.4. The van der Waals surface area contributed by atoms with Crippen molar-refractivity contribution < 1.29 is 13.2 Å². The molecule has 0 radical (unpaired) electrons. The Balaban J connectivity index is 2.83. The summed E-state index contributed by atoms with van der Waals surface area (Å²) in [5, 5.41) is 0. The highest BCUT2D eigenvalue weighted by atomic mass is 32.2. The Hall–Kier alpha value is -1.36. The van der Waals surface area contributed by atoms with Crippen LogP contribution in [0.25, 0.3) is 0 Å². The van der Waals surface area contributed by atoms with Crippen LogP contribution >= 0.6 is 0 Å². The van der Waals surface area contributed by atoms with E-state index in [9.17, 15) is 13.2 Å². The number of carbonyl (C=O) groups excluding carboxylic acids is 1. The fourth-order valence-corrected chi connectivity index (χ4v) is 3.17. The maximum absolute atomic E-state index is 12.8. The predicted molar refractivity (Wildman–Crippen MR) is 99.8 cm³/mol. The van der Waals surface area contributed by atoms with Crippen molar-refractivity contribution in [3.63, 3.8) is 0 Å². The van der Waals surface area contributed by atoms with Gasteiger partial charge in [-0.1, -0.05) is 39.8 Å². The molecule has 0 atom stereocenters. The van der Waals surface area contributed by atoms with Crippen molar-refractivity contribution in [3.05, 3.63) is 35.4 Å². The van der Waals surface area contributed by atoms with E-state index < -0.39 is 9.84 Å². The minimum atomic E-state index is -3.06. The summed E-state index contributed by atoms with van der Waals surface area (Å²) in [5.41, 5.74) is 1.34. The lowest BCUT2D eigenvalue weighted by Gasteiger charge is -2.24. The van der Waals surface area contributed by atoms with Crippen LogP contribution in [-0.2, 0) is 15.6 Å². The number of nitrogens with zero attached hydrogens (tertiary/aromatic N) is 1. The van der Waals surface area contributed by atoms with Crippen molar-refractivity contribution >= 4 is 15.7 Å². The molecule has 24 heavy (non-hydrogen) atoms. The van der Waals surface area contributed by atoms with Crippen LogP contribution in [-0.4, -0.2) is 38.6 Å². The Bertz CT molecular complexity index is 607. The first-order valence-corrected chi connectivity index (χ1v) is 10.7. The second kappa shape index (κ2) is 9.21. The number of sulfone groups is 1. The number of hydrogen-bond donors (Lipinski definition) is 0. The van der Waals surface area contributed by atoms with Crippen molar-refractivity contribution in [2.24, 2.45) is 11.8 Å². The van der Waals surface area contributed by atoms with Gasteiger partial charge < -0.3 is 4.90 Å². The maximum Gasteiger partial charge on any atom is 0.253 e. The Morgan fingerprint density at radius 3 is 1.79 bits per heavy atom. The summed E-state index contributed by atoms with van der Waals surface area (Å²) in [6, 6.07) is 6.94. The predicted octanol–water partition coefficient (Wildman–Crippen LogP) is 3.77. The molecule has 1 aromatic carbocycles. The molecule has 0 bridgehead atoms. The number of amides is 1. The van der Waals surface area contributed by atoms with Crippen LogP contribution in [0.5, 0.6) is 0 Å². The highest BCUT2D eigenvalue weighted by molar-refractivity contribution is 7.89. The van der Waals surface area contributed by atoms with Crippen molar-refractivity contribution in [2.75, 3.05) is 19.3 Å². The largest absolute Gasteiger partial charge is 0.339 e. The summed E-state index contributed by atoms with van der Waals surface area (Å²) in [5.74, 6) is 1.14. The molecule has 5 heteroatoms. The molecule has 0 aromatic heterocycles. The number of rotatable bonds is 9. The standard InChI is InChI=1S/C19H31NO3S/c1-15(2)10-12-20(13-11-16(3)4)19(21)18-8-6-17(7-9-18)14-24(5,22)23/h6-9,15-16H,10-14H2,1-5H3.